The van der Waals surface area contributed by atoms with E-state index < -0.39 is 5.54 Å². The van der Waals surface area contributed by atoms with Gasteiger partial charge in [-0.1, -0.05) is 5.92 Å². The van der Waals surface area contributed by atoms with Crippen LogP contribution in [0.3, 0.4) is 0 Å². The molecule has 0 radical (unpaired) electrons. The van der Waals surface area contributed by atoms with Crippen molar-refractivity contribution < 1.29 is 0 Å². The van der Waals surface area contributed by atoms with Crippen LogP contribution in [0.4, 0.5) is 0 Å². The van der Waals surface area contributed by atoms with E-state index in [9.17, 15) is 0 Å². The van der Waals surface area contributed by atoms with Crippen LogP contribution in [0, 0.1) is 11.8 Å². The molecular formula is C10H15N3. The maximum atomic E-state index is 5.71. The summed E-state index contributed by atoms with van der Waals surface area (Å²) in [7, 11) is 0. The molecule has 1 aromatic rings. The number of hydrogen-bond acceptors (Lipinski definition) is 2. The number of imidazole rings is 1. The number of nitrogens with two attached hydrogens (primary N) is 1. The number of hydrogen-bond donors (Lipinski definition) is 1. The van der Waals surface area contributed by atoms with E-state index in [2.05, 4.69) is 23.7 Å². The van der Waals surface area contributed by atoms with E-state index >= 15 is 0 Å². The van der Waals surface area contributed by atoms with E-state index in [-0.39, 0.29) is 0 Å². The number of aryl methyl sites for hydroxylation is 1. The van der Waals surface area contributed by atoms with Crippen molar-refractivity contribution >= 4 is 0 Å². The SMILES string of the molecule is CCn1cnc(C#CC(C)(C)N)c1. The molecule has 0 unspecified atom stereocenters. The fraction of sp³-hybridized carbons (Fsp3) is 0.500. The minimum absolute atomic E-state index is 0.448. The van der Waals surface area contributed by atoms with Crippen molar-refractivity contribution in [2.75, 3.05) is 0 Å². The topological polar surface area (TPSA) is 43.8 Å². The Balaban J connectivity index is 2.78. The lowest BCUT2D eigenvalue weighted by atomic mass is 10.1. The van der Waals surface area contributed by atoms with Crippen LogP contribution in [0.1, 0.15) is 26.5 Å². The van der Waals surface area contributed by atoms with Gasteiger partial charge in [-0.05, 0) is 26.7 Å². The largest absolute Gasteiger partial charge is 0.336 e. The molecule has 1 aromatic heterocycles. The average Bonchev–Trinajstić information content (AvgIpc) is 2.47. The Morgan fingerprint density at radius 1 is 1.62 bits per heavy atom. The van der Waals surface area contributed by atoms with Gasteiger partial charge >= 0.3 is 0 Å². The van der Waals surface area contributed by atoms with Gasteiger partial charge in [0.1, 0.15) is 5.69 Å². The minimum atomic E-state index is -0.448. The van der Waals surface area contributed by atoms with Gasteiger partial charge in [-0.15, -0.1) is 0 Å². The first-order chi connectivity index (χ1) is 6.01. The molecule has 70 valence electrons. The molecule has 0 aliphatic rings. The monoisotopic (exact) mass is 177 g/mol. The van der Waals surface area contributed by atoms with Crippen LogP contribution in [0.2, 0.25) is 0 Å². The summed E-state index contributed by atoms with van der Waals surface area (Å²) in [4.78, 5) is 4.12. The second-order valence-corrected chi connectivity index (χ2v) is 3.56. The summed E-state index contributed by atoms with van der Waals surface area (Å²) in [5, 5.41) is 0. The Bertz CT molecular complexity index is 333. The molecule has 0 saturated carbocycles. The lowest BCUT2D eigenvalue weighted by molar-refractivity contribution is 0.680. The normalized spacial score (nSPS) is 10.8. The highest BCUT2D eigenvalue weighted by molar-refractivity contribution is 5.28. The molecule has 3 heteroatoms. The van der Waals surface area contributed by atoms with E-state index in [0.717, 1.165) is 12.2 Å². The van der Waals surface area contributed by atoms with Crippen molar-refractivity contribution in [3.8, 4) is 11.8 Å². The first kappa shape index (κ1) is 9.82. The van der Waals surface area contributed by atoms with Crippen LogP contribution in [-0.2, 0) is 6.54 Å². The van der Waals surface area contributed by atoms with Gasteiger partial charge in [0, 0.05) is 12.7 Å². The zero-order valence-electron chi connectivity index (χ0n) is 8.33. The van der Waals surface area contributed by atoms with Crippen LogP contribution in [0.5, 0.6) is 0 Å². The summed E-state index contributed by atoms with van der Waals surface area (Å²) in [6, 6.07) is 0. The van der Waals surface area contributed by atoms with E-state index in [1.54, 1.807) is 6.33 Å². The van der Waals surface area contributed by atoms with Crippen LogP contribution in [-0.4, -0.2) is 15.1 Å². The van der Waals surface area contributed by atoms with Crippen molar-refractivity contribution in [3.05, 3.63) is 18.2 Å². The maximum absolute atomic E-state index is 5.71. The Morgan fingerprint density at radius 3 is 2.77 bits per heavy atom. The van der Waals surface area contributed by atoms with Crippen LogP contribution in [0.15, 0.2) is 12.5 Å². The Labute approximate surface area is 79.0 Å². The molecule has 3 nitrogen and oxygen atoms in total. The minimum Gasteiger partial charge on any atom is -0.336 e. The van der Waals surface area contributed by atoms with Gasteiger partial charge in [0.05, 0.1) is 11.9 Å². The molecule has 0 bridgehead atoms. The second kappa shape index (κ2) is 3.63. The van der Waals surface area contributed by atoms with Gasteiger partial charge < -0.3 is 10.3 Å². The predicted octanol–water partition coefficient (Wildman–Crippen LogP) is 0.992. The fourth-order valence-electron chi connectivity index (χ4n) is 0.823. The van der Waals surface area contributed by atoms with Gasteiger partial charge in [0.25, 0.3) is 0 Å². The predicted molar refractivity (Wildman–Crippen MR) is 53.0 cm³/mol. The lowest BCUT2D eigenvalue weighted by Gasteiger charge is -2.06. The van der Waals surface area contributed by atoms with Crippen molar-refractivity contribution in [2.45, 2.75) is 32.9 Å². The summed E-state index contributed by atoms with van der Waals surface area (Å²) in [5.74, 6) is 5.86. The molecule has 1 rings (SSSR count). The van der Waals surface area contributed by atoms with E-state index in [0.29, 0.717) is 0 Å². The zero-order valence-corrected chi connectivity index (χ0v) is 8.33. The molecule has 0 spiro atoms. The third kappa shape index (κ3) is 3.30. The average molecular weight is 177 g/mol. The number of aromatic nitrogens is 2. The van der Waals surface area contributed by atoms with Gasteiger partial charge in [-0.25, -0.2) is 4.98 Å². The highest BCUT2D eigenvalue weighted by Crippen LogP contribution is 1.96. The van der Waals surface area contributed by atoms with Crippen LogP contribution >= 0.6 is 0 Å². The highest BCUT2D eigenvalue weighted by Gasteiger charge is 2.03. The van der Waals surface area contributed by atoms with Crippen molar-refractivity contribution in [3.63, 3.8) is 0 Å². The quantitative estimate of drug-likeness (QED) is 0.650. The van der Waals surface area contributed by atoms with E-state index in [1.807, 2.05) is 24.6 Å². The summed E-state index contributed by atoms with van der Waals surface area (Å²) < 4.78 is 1.98. The third-order valence-electron chi connectivity index (χ3n) is 1.51. The van der Waals surface area contributed by atoms with E-state index in [4.69, 9.17) is 5.73 Å². The number of nitrogens with zero attached hydrogens (tertiary/aromatic N) is 2. The first-order valence-corrected chi connectivity index (χ1v) is 4.35. The standard InChI is InChI=1S/C10H15N3/c1-4-13-7-9(12-8-13)5-6-10(2,3)11/h7-8H,4,11H2,1-3H3. The molecule has 0 fully saturated rings. The summed E-state index contributed by atoms with van der Waals surface area (Å²) in [5.41, 5.74) is 6.04. The molecule has 2 N–H and O–H groups in total. The van der Waals surface area contributed by atoms with Gasteiger partial charge in [-0.2, -0.15) is 0 Å². The highest BCUT2D eigenvalue weighted by atomic mass is 15.0. The van der Waals surface area contributed by atoms with Crippen molar-refractivity contribution in [2.24, 2.45) is 5.73 Å². The zero-order chi connectivity index (χ0) is 9.90. The molecule has 1 heterocycles. The van der Waals surface area contributed by atoms with Gasteiger partial charge in [0.2, 0.25) is 0 Å². The Morgan fingerprint density at radius 2 is 2.31 bits per heavy atom. The van der Waals surface area contributed by atoms with Gasteiger partial charge in [0.15, 0.2) is 0 Å². The molecule has 13 heavy (non-hydrogen) atoms. The maximum Gasteiger partial charge on any atom is 0.131 e. The summed E-state index contributed by atoms with van der Waals surface area (Å²) in [6.45, 7) is 6.72. The Hall–Kier alpha value is -1.27. The molecular weight excluding hydrogens is 162 g/mol. The molecule has 0 aromatic carbocycles. The first-order valence-electron chi connectivity index (χ1n) is 4.35. The molecule has 0 aliphatic carbocycles. The number of rotatable bonds is 1. The Kier molecular flexibility index (Phi) is 2.74. The summed E-state index contributed by atoms with van der Waals surface area (Å²) >= 11 is 0. The lowest BCUT2D eigenvalue weighted by Crippen LogP contribution is -2.29. The molecule has 0 atom stereocenters. The molecule has 0 aliphatic heterocycles. The molecule has 0 saturated heterocycles. The van der Waals surface area contributed by atoms with Gasteiger partial charge in [-0.3, -0.25) is 0 Å². The second-order valence-electron chi connectivity index (χ2n) is 3.56. The van der Waals surface area contributed by atoms with Crippen LogP contribution in [0.25, 0.3) is 0 Å². The van der Waals surface area contributed by atoms with Crippen molar-refractivity contribution in [1.29, 1.82) is 0 Å². The van der Waals surface area contributed by atoms with E-state index in [1.165, 1.54) is 0 Å². The molecule has 0 amide bonds. The summed E-state index contributed by atoms with van der Waals surface area (Å²) in [6.07, 6.45) is 3.69. The van der Waals surface area contributed by atoms with Crippen LogP contribution < -0.4 is 5.73 Å². The van der Waals surface area contributed by atoms with Crippen molar-refractivity contribution in [1.82, 2.24) is 9.55 Å². The smallest absolute Gasteiger partial charge is 0.131 e. The fourth-order valence-corrected chi connectivity index (χ4v) is 0.823. The third-order valence-corrected chi connectivity index (χ3v) is 1.51.